The van der Waals surface area contributed by atoms with Crippen LogP contribution < -0.4 is 5.32 Å². The zero-order valence-corrected chi connectivity index (χ0v) is 16.8. The van der Waals surface area contributed by atoms with Gasteiger partial charge in [-0.3, -0.25) is 9.59 Å². The van der Waals surface area contributed by atoms with Crippen molar-refractivity contribution in [3.63, 3.8) is 0 Å². The van der Waals surface area contributed by atoms with Gasteiger partial charge < -0.3 is 14.5 Å². The van der Waals surface area contributed by atoms with Gasteiger partial charge in [0.1, 0.15) is 5.69 Å². The molecule has 8 heteroatoms. The molecule has 29 heavy (non-hydrogen) atoms. The second-order valence-electron chi connectivity index (χ2n) is 6.42. The molecule has 2 aromatic heterocycles. The molecule has 0 spiro atoms. The van der Waals surface area contributed by atoms with E-state index >= 15 is 0 Å². The number of benzene rings is 1. The number of hydrogen-bond donors (Lipinski definition) is 1. The zero-order chi connectivity index (χ0) is 20.6. The van der Waals surface area contributed by atoms with Gasteiger partial charge in [0.05, 0.1) is 19.1 Å². The Kier molecular flexibility index (Phi) is 7.08. The predicted molar refractivity (Wildman–Crippen MR) is 109 cm³/mol. The van der Waals surface area contributed by atoms with Crippen LogP contribution in [0.5, 0.6) is 0 Å². The highest BCUT2D eigenvalue weighted by Gasteiger charge is 2.18. The molecule has 0 bridgehead atoms. The molecular weight excluding hydrogens is 394 g/mol. The molecule has 2 heterocycles. The Morgan fingerprint density at radius 1 is 1.17 bits per heavy atom. The first-order valence-corrected chi connectivity index (χ1v) is 9.71. The molecule has 0 radical (unpaired) electrons. The molecule has 0 atom stereocenters. The number of amides is 1. The van der Waals surface area contributed by atoms with Crippen molar-refractivity contribution in [2.24, 2.45) is 0 Å². The predicted octanol–water partition coefficient (Wildman–Crippen LogP) is 4.25. The minimum atomic E-state index is -0.265. The van der Waals surface area contributed by atoms with E-state index in [2.05, 4.69) is 15.2 Å². The van der Waals surface area contributed by atoms with Gasteiger partial charge in [-0.25, -0.2) is 4.68 Å². The second-order valence-corrected chi connectivity index (χ2v) is 6.86. The van der Waals surface area contributed by atoms with Gasteiger partial charge in [0.2, 0.25) is 0 Å². The maximum absolute atomic E-state index is 12.5. The third kappa shape index (κ3) is 5.48. The number of furan rings is 1. The van der Waals surface area contributed by atoms with Crippen molar-refractivity contribution in [3.8, 4) is 17.1 Å². The summed E-state index contributed by atoms with van der Waals surface area (Å²) in [4.78, 5) is 23.6. The van der Waals surface area contributed by atoms with E-state index in [0.717, 1.165) is 24.9 Å². The summed E-state index contributed by atoms with van der Waals surface area (Å²) >= 11 is 5.98. The van der Waals surface area contributed by atoms with Gasteiger partial charge in [-0.05, 0) is 49.2 Å². The van der Waals surface area contributed by atoms with Gasteiger partial charge in [0.15, 0.2) is 11.5 Å². The highest BCUT2D eigenvalue weighted by molar-refractivity contribution is 6.30. The summed E-state index contributed by atoms with van der Waals surface area (Å²) < 4.78 is 11.8. The third-order valence-corrected chi connectivity index (χ3v) is 4.61. The number of nitrogens with zero attached hydrogens (tertiary/aromatic N) is 2. The number of carbonyl (C=O) groups is 2. The minimum Gasteiger partial charge on any atom is -0.469 e. The maximum atomic E-state index is 12.5. The Hall–Kier alpha value is -3.06. The van der Waals surface area contributed by atoms with E-state index in [9.17, 15) is 9.59 Å². The zero-order valence-electron chi connectivity index (χ0n) is 16.1. The van der Waals surface area contributed by atoms with Crippen LogP contribution in [0.25, 0.3) is 17.1 Å². The molecule has 1 aromatic carbocycles. The first kappa shape index (κ1) is 20.7. The molecule has 0 fully saturated rings. The van der Waals surface area contributed by atoms with Gasteiger partial charge in [0.25, 0.3) is 5.91 Å². The summed E-state index contributed by atoms with van der Waals surface area (Å²) in [7, 11) is 1.38. The number of hydrogen-bond acceptors (Lipinski definition) is 5. The molecule has 0 aliphatic carbocycles. The number of rotatable bonds is 9. The molecule has 0 saturated carbocycles. The van der Waals surface area contributed by atoms with Crippen molar-refractivity contribution in [3.05, 3.63) is 59.4 Å². The molecule has 7 nitrogen and oxygen atoms in total. The highest BCUT2D eigenvalue weighted by Crippen LogP contribution is 2.25. The number of halogens is 1. The molecule has 0 aliphatic heterocycles. The van der Waals surface area contributed by atoms with E-state index in [0.29, 0.717) is 35.1 Å². The summed E-state index contributed by atoms with van der Waals surface area (Å²) in [5.74, 6) is 0.125. The standard InChI is InChI=1S/C21H22ClN3O4/c1-28-20(26)7-3-2-4-12-23-21(27)17-14-18(19-6-5-13-29-19)25(24-17)16-10-8-15(22)9-11-16/h5-6,8-11,13-14H,2-4,7,12H2,1H3,(H,23,27). The van der Waals surface area contributed by atoms with E-state index in [-0.39, 0.29) is 11.9 Å². The monoisotopic (exact) mass is 415 g/mol. The summed E-state index contributed by atoms with van der Waals surface area (Å²) in [5.41, 5.74) is 1.73. The Bertz CT molecular complexity index is 949. The van der Waals surface area contributed by atoms with Crippen LogP contribution >= 0.6 is 11.6 Å². The van der Waals surface area contributed by atoms with E-state index < -0.39 is 0 Å². The number of nitrogens with one attached hydrogen (secondary N) is 1. The van der Waals surface area contributed by atoms with Crippen LogP contribution in [-0.2, 0) is 9.53 Å². The Balaban J connectivity index is 1.66. The topological polar surface area (TPSA) is 86.4 Å². The van der Waals surface area contributed by atoms with Crippen LogP contribution in [0, 0.1) is 0 Å². The SMILES string of the molecule is COC(=O)CCCCCNC(=O)c1cc(-c2ccco2)n(-c2ccc(Cl)cc2)n1. The molecule has 3 rings (SSSR count). The summed E-state index contributed by atoms with van der Waals surface area (Å²) in [6.07, 6.45) is 4.29. The molecule has 152 valence electrons. The van der Waals surface area contributed by atoms with Crippen LogP contribution in [0.2, 0.25) is 5.02 Å². The van der Waals surface area contributed by atoms with Crippen molar-refractivity contribution in [2.45, 2.75) is 25.7 Å². The van der Waals surface area contributed by atoms with Gasteiger partial charge >= 0.3 is 5.97 Å². The van der Waals surface area contributed by atoms with Crippen LogP contribution in [0.4, 0.5) is 0 Å². The summed E-state index contributed by atoms with van der Waals surface area (Å²) in [6, 6.07) is 12.5. The van der Waals surface area contributed by atoms with Gasteiger partial charge in [-0.1, -0.05) is 18.0 Å². The molecular formula is C21H22ClN3O4. The normalized spacial score (nSPS) is 10.7. The summed E-state index contributed by atoms with van der Waals surface area (Å²) in [5, 5.41) is 7.94. The highest BCUT2D eigenvalue weighted by atomic mass is 35.5. The summed E-state index contributed by atoms with van der Waals surface area (Å²) in [6.45, 7) is 0.504. The number of methoxy groups -OCH3 is 1. The molecule has 1 amide bonds. The van der Waals surface area contributed by atoms with Crippen LogP contribution in [-0.4, -0.2) is 35.3 Å². The van der Waals surface area contributed by atoms with Gasteiger partial charge in [-0.2, -0.15) is 5.10 Å². The van der Waals surface area contributed by atoms with Crippen LogP contribution in [0.15, 0.2) is 53.1 Å². The smallest absolute Gasteiger partial charge is 0.305 e. The van der Waals surface area contributed by atoms with E-state index in [4.69, 9.17) is 16.0 Å². The molecule has 0 unspecified atom stereocenters. The lowest BCUT2D eigenvalue weighted by atomic mass is 10.2. The maximum Gasteiger partial charge on any atom is 0.305 e. The third-order valence-electron chi connectivity index (χ3n) is 4.36. The van der Waals surface area contributed by atoms with Crippen LogP contribution in [0.3, 0.4) is 0 Å². The number of unbranched alkanes of at least 4 members (excludes halogenated alkanes) is 2. The fourth-order valence-electron chi connectivity index (χ4n) is 2.84. The second kappa shape index (κ2) is 9.93. The first-order chi connectivity index (χ1) is 14.1. The quantitative estimate of drug-likeness (QED) is 0.417. The lowest BCUT2D eigenvalue weighted by Crippen LogP contribution is -2.25. The van der Waals surface area contributed by atoms with E-state index in [1.165, 1.54) is 7.11 Å². The minimum absolute atomic E-state index is 0.216. The van der Waals surface area contributed by atoms with E-state index in [1.54, 1.807) is 35.2 Å². The van der Waals surface area contributed by atoms with Gasteiger partial charge in [-0.15, -0.1) is 0 Å². The molecule has 1 N–H and O–H groups in total. The lowest BCUT2D eigenvalue weighted by molar-refractivity contribution is -0.140. The fourth-order valence-corrected chi connectivity index (χ4v) is 2.96. The fraction of sp³-hybridized carbons (Fsp3) is 0.286. The average Bonchev–Trinajstić information content (AvgIpc) is 3.40. The first-order valence-electron chi connectivity index (χ1n) is 9.33. The lowest BCUT2D eigenvalue weighted by Gasteiger charge is -2.05. The largest absolute Gasteiger partial charge is 0.469 e. The Morgan fingerprint density at radius 3 is 2.66 bits per heavy atom. The van der Waals surface area contributed by atoms with Crippen molar-refractivity contribution in [1.82, 2.24) is 15.1 Å². The van der Waals surface area contributed by atoms with Crippen molar-refractivity contribution in [1.29, 1.82) is 0 Å². The number of esters is 1. The van der Waals surface area contributed by atoms with Gasteiger partial charge in [0, 0.05) is 24.1 Å². The number of ether oxygens (including phenoxy) is 1. The molecule has 3 aromatic rings. The van der Waals surface area contributed by atoms with Crippen molar-refractivity contribution >= 4 is 23.5 Å². The van der Waals surface area contributed by atoms with Crippen molar-refractivity contribution < 1.29 is 18.7 Å². The molecule has 0 saturated heterocycles. The number of carbonyl (C=O) groups excluding carboxylic acids is 2. The number of aromatic nitrogens is 2. The van der Waals surface area contributed by atoms with E-state index in [1.807, 2.05) is 18.2 Å². The Labute approximate surface area is 173 Å². The Morgan fingerprint density at radius 2 is 1.97 bits per heavy atom. The van der Waals surface area contributed by atoms with Crippen LogP contribution in [0.1, 0.15) is 36.2 Å². The average molecular weight is 416 g/mol. The van der Waals surface area contributed by atoms with Crippen molar-refractivity contribution in [2.75, 3.05) is 13.7 Å². The molecule has 0 aliphatic rings.